The van der Waals surface area contributed by atoms with Crippen LogP contribution in [-0.4, -0.2) is 12.1 Å². The van der Waals surface area contributed by atoms with Crippen LogP contribution >= 0.6 is 0 Å². The number of nitrogens with one attached hydrogen (secondary N) is 1. The molecular formula is C15H17FN2O. The molecule has 0 saturated heterocycles. The predicted molar refractivity (Wildman–Crippen MR) is 74.0 cm³/mol. The number of pyridine rings is 1. The highest BCUT2D eigenvalue weighted by molar-refractivity contribution is 5.46. The number of aryl methyl sites for hydroxylation is 1. The van der Waals surface area contributed by atoms with E-state index in [0.717, 1.165) is 22.6 Å². The van der Waals surface area contributed by atoms with Gasteiger partial charge in [-0.3, -0.25) is 4.98 Å². The largest absolute Gasteiger partial charge is 0.496 e. The van der Waals surface area contributed by atoms with Crippen LogP contribution in [0.5, 0.6) is 5.75 Å². The molecule has 4 heteroatoms. The first-order valence-electron chi connectivity index (χ1n) is 6.11. The molecule has 1 aromatic carbocycles. The SMILES string of the molecule is COc1c(C)cnc(CNc2ccccc2F)c1C. The molecule has 0 bridgehead atoms. The maximum atomic E-state index is 13.5. The molecule has 2 aromatic rings. The van der Waals surface area contributed by atoms with Gasteiger partial charge in [0, 0.05) is 17.3 Å². The first-order valence-corrected chi connectivity index (χ1v) is 6.11. The average molecular weight is 260 g/mol. The van der Waals surface area contributed by atoms with E-state index < -0.39 is 0 Å². The molecule has 0 spiro atoms. The third-order valence-electron chi connectivity index (χ3n) is 3.07. The predicted octanol–water partition coefficient (Wildman–Crippen LogP) is 3.46. The fourth-order valence-corrected chi connectivity index (χ4v) is 2.03. The number of para-hydroxylation sites is 1. The Balaban J connectivity index is 2.19. The summed E-state index contributed by atoms with van der Waals surface area (Å²) in [6.07, 6.45) is 1.77. The minimum atomic E-state index is -0.265. The molecule has 0 unspecified atom stereocenters. The fourth-order valence-electron chi connectivity index (χ4n) is 2.03. The smallest absolute Gasteiger partial charge is 0.146 e. The highest BCUT2D eigenvalue weighted by atomic mass is 19.1. The number of nitrogens with zero attached hydrogens (tertiary/aromatic N) is 1. The Morgan fingerprint density at radius 1 is 1.26 bits per heavy atom. The minimum absolute atomic E-state index is 0.265. The standard InChI is InChI=1S/C15H17FN2O/c1-10-8-17-14(11(2)15(10)19-3)9-18-13-7-5-4-6-12(13)16/h4-8,18H,9H2,1-3H3. The van der Waals surface area contributed by atoms with E-state index in [4.69, 9.17) is 4.74 Å². The lowest BCUT2D eigenvalue weighted by molar-refractivity contribution is 0.407. The number of ether oxygens (including phenoxy) is 1. The van der Waals surface area contributed by atoms with Crippen molar-refractivity contribution in [2.75, 3.05) is 12.4 Å². The van der Waals surface area contributed by atoms with E-state index in [1.165, 1.54) is 6.07 Å². The monoisotopic (exact) mass is 260 g/mol. The molecule has 2 rings (SSSR count). The van der Waals surface area contributed by atoms with Crippen molar-refractivity contribution in [2.45, 2.75) is 20.4 Å². The maximum Gasteiger partial charge on any atom is 0.146 e. The van der Waals surface area contributed by atoms with Crippen LogP contribution in [0.25, 0.3) is 0 Å². The molecule has 19 heavy (non-hydrogen) atoms. The highest BCUT2D eigenvalue weighted by Gasteiger charge is 2.09. The van der Waals surface area contributed by atoms with Crippen molar-refractivity contribution in [3.05, 3.63) is 53.1 Å². The number of hydrogen-bond acceptors (Lipinski definition) is 3. The van der Waals surface area contributed by atoms with Crippen LogP contribution in [0.1, 0.15) is 16.8 Å². The average Bonchev–Trinajstić information content (AvgIpc) is 2.40. The van der Waals surface area contributed by atoms with Gasteiger partial charge in [0.05, 0.1) is 25.0 Å². The number of halogens is 1. The van der Waals surface area contributed by atoms with Gasteiger partial charge in [0.1, 0.15) is 11.6 Å². The Bertz CT molecular complexity index is 584. The Hall–Kier alpha value is -2.10. The Kier molecular flexibility index (Phi) is 4.00. The number of benzene rings is 1. The van der Waals surface area contributed by atoms with Gasteiger partial charge in [0.2, 0.25) is 0 Å². The van der Waals surface area contributed by atoms with Crippen molar-refractivity contribution in [2.24, 2.45) is 0 Å². The lowest BCUT2D eigenvalue weighted by atomic mass is 10.1. The molecule has 1 heterocycles. The molecule has 0 amide bonds. The van der Waals surface area contributed by atoms with Crippen LogP contribution in [0, 0.1) is 19.7 Å². The van der Waals surface area contributed by atoms with Crippen molar-refractivity contribution < 1.29 is 9.13 Å². The lowest BCUT2D eigenvalue weighted by Gasteiger charge is -2.13. The van der Waals surface area contributed by atoms with Gasteiger partial charge in [0.15, 0.2) is 0 Å². The van der Waals surface area contributed by atoms with Gasteiger partial charge in [-0.05, 0) is 26.0 Å². The van der Waals surface area contributed by atoms with Gasteiger partial charge in [-0.25, -0.2) is 4.39 Å². The second kappa shape index (κ2) is 5.69. The van der Waals surface area contributed by atoms with Gasteiger partial charge in [-0.2, -0.15) is 0 Å². The molecule has 0 atom stereocenters. The number of rotatable bonds is 4. The second-order valence-corrected chi connectivity index (χ2v) is 4.38. The van der Waals surface area contributed by atoms with Crippen molar-refractivity contribution in [3.63, 3.8) is 0 Å². The number of methoxy groups -OCH3 is 1. The van der Waals surface area contributed by atoms with Crippen molar-refractivity contribution in [3.8, 4) is 5.75 Å². The van der Waals surface area contributed by atoms with Gasteiger partial charge in [-0.15, -0.1) is 0 Å². The molecule has 0 aliphatic heterocycles. The summed E-state index contributed by atoms with van der Waals surface area (Å²) in [5.41, 5.74) is 3.30. The Morgan fingerprint density at radius 3 is 2.68 bits per heavy atom. The summed E-state index contributed by atoms with van der Waals surface area (Å²) in [6, 6.07) is 6.59. The topological polar surface area (TPSA) is 34.1 Å². The third-order valence-corrected chi connectivity index (χ3v) is 3.07. The normalized spacial score (nSPS) is 10.3. The first kappa shape index (κ1) is 13.3. The van der Waals surface area contributed by atoms with Gasteiger partial charge in [-0.1, -0.05) is 12.1 Å². The minimum Gasteiger partial charge on any atom is -0.496 e. The first-order chi connectivity index (χ1) is 9.13. The van der Waals surface area contributed by atoms with Gasteiger partial charge < -0.3 is 10.1 Å². The lowest BCUT2D eigenvalue weighted by Crippen LogP contribution is -2.07. The van der Waals surface area contributed by atoms with E-state index in [2.05, 4.69) is 10.3 Å². The summed E-state index contributed by atoms with van der Waals surface area (Å²) in [6.45, 7) is 4.37. The molecule has 100 valence electrons. The zero-order chi connectivity index (χ0) is 13.8. The van der Waals surface area contributed by atoms with E-state index in [1.54, 1.807) is 31.5 Å². The molecule has 1 N–H and O–H groups in total. The van der Waals surface area contributed by atoms with Crippen LogP contribution in [0.2, 0.25) is 0 Å². The zero-order valence-corrected chi connectivity index (χ0v) is 11.3. The maximum absolute atomic E-state index is 13.5. The van der Waals surface area contributed by atoms with Crippen LogP contribution in [0.3, 0.4) is 0 Å². The summed E-state index contributed by atoms with van der Waals surface area (Å²) in [5.74, 6) is 0.569. The molecular weight excluding hydrogens is 243 g/mol. The highest BCUT2D eigenvalue weighted by Crippen LogP contribution is 2.24. The fraction of sp³-hybridized carbons (Fsp3) is 0.267. The third kappa shape index (κ3) is 2.84. The molecule has 3 nitrogen and oxygen atoms in total. The molecule has 0 saturated carbocycles. The summed E-state index contributed by atoms with van der Waals surface area (Å²) < 4.78 is 18.8. The van der Waals surface area contributed by atoms with Crippen molar-refractivity contribution in [1.82, 2.24) is 4.98 Å². The summed E-state index contributed by atoms with van der Waals surface area (Å²) in [4.78, 5) is 4.37. The number of anilines is 1. The molecule has 0 aliphatic rings. The van der Waals surface area contributed by atoms with Crippen molar-refractivity contribution >= 4 is 5.69 Å². The summed E-state index contributed by atoms with van der Waals surface area (Å²) in [7, 11) is 1.64. The Morgan fingerprint density at radius 2 is 2.00 bits per heavy atom. The van der Waals surface area contributed by atoms with Crippen LogP contribution in [0.4, 0.5) is 10.1 Å². The molecule has 0 fully saturated rings. The van der Waals surface area contributed by atoms with E-state index in [9.17, 15) is 4.39 Å². The van der Waals surface area contributed by atoms with Crippen molar-refractivity contribution in [1.29, 1.82) is 0 Å². The quantitative estimate of drug-likeness (QED) is 0.914. The molecule has 0 radical (unpaired) electrons. The second-order valence-electron chi connectivity index (χ2n) is 4.38. The van der Waals surface area contributed by atoms with Crippen LogP contribution in [-0.2, 0) is 6.54 Å². The van der Waals surface area contributed by atoms with Crippen LogP contribution in [0.15, 0.2) is 30.5 Å². The van der Waals surface area contributed by atoms with E-state index in [0.29, 0.717) is 12.2 Å². The van der Waals surface area contributed by atoms with Crippen LogP contribution < -0.4 is 10.1 Å². The number of hydrogen-bond donors (Lipinski definition) is 1. The zero-order valence-electron chi connectivity index (χ0n) is 11.3. The summed E-state index contributed by atoms with van der Waals surface area (Å²) in [5, 5.41) is 3.05. The van der Waals surface area contributed by atoms with E-state index in [-0.39, 0.29) is 5.82 Å². The molecule has 1 aromatic heterocycles. The van der Waals surface area contributed by atoms with E-state index in [1.807, 2.05) is 13.8 Å². The molecule has 0 aliphatic carbocycles. The summed E-state index contributed by atoms with van der Waals surface area (Å²) >= 11 is 0. The van der Waals surface area contributed by atoms with E-state index >= 15 is 0 Å². The number of aromatic nitrogens is 1. The Labute approximate surface area is 112 Å². The van der Waals surface area contributed by atoms with Gasteiger partial charge in [0.25, 0.3) is 0 Å². The van der Waals surface area contributed by atoms with Gasteiger partial charge >= 0.3 is 0 Å².